The third kappa shape index (κ3) is 2.07. The van der Waals surface area contributed by atoms with Gasteiger partial charge in [0.25, 0.3) is 0 Å². The summed E-state index contributed by atoms with van der Waals surface area (Å²) in [7, 11) is 0. The Bertz CT molecular complexity index is 584. The van der Waals surface area contributed by atoms with Gasteiger partial charge < -0.3 is 9.52 Å². The number of oxazole rings is 1. The van der Waals surface area contributed by atoms with Crippen LogP contribution in [0.25, 0.3) is 11.5 Å². The first-order chi connectivity index (χ1) is 8.78. The highest BCUT2D eigenvalue weighted by molar-refractivity contribution is 5.53. The fraction of sp³-hybridized carbons (Fsp3) is 0.250. The predicted molar refractivity (Wildman–Crippen MR) is 57.5 cm³/mol. The lowest BCUT2D eigenvalue weighted by atomic mass is 10.2. The van der Waals surface area contributed by atoms with E-state index in [0.29, 0.717) is 5.76 Å². The number of hydrogen-bond donors (Lipinski definition) is 1. The van der Waals surface area contributed by atoms with Gasteiger partial charge in [-0.05, 0) is 19.0 Å². The molecule has 0 radical (unpaired) electrons. The minimum absolute atomic E-state index is 0.104. The predicted octanol–water partition coefficient (Wildman–Crippen LogP) is 2.18. The summed E-state index contributed by atoms with van der Waals surface area (Å²) in [5, 5.41) is 9.16. The second-order valence-corrected chi connectivity index (χ2v) is 3.05. The Labute approximate surface area is 94.0 Å². The Hall–Kier alpha value is -1.61. The van der Waals surface area contributed by atoms with Gasteiger partial charge in [0, 0.05) is 18.5 Å². The van der Waals surface area contributed by atoms with Gasteiger partial charge in [0.15, 0.2) is 0 Å². The quantitative estimate of drug-likeness (QED) is 0.839. The fourth-order valence-electron chi connectivity index (χ4n) is 1.25. The molecule has 0 amide bonds. The molecular formula is C12H13NO2. The highest BCUT2D eigenvalue weighted by Crippen LogP contribution is 2.21. The maximum Gasteiger partial charge on any atom is 0.226 e. The fourth-order valence-corrected chi connectivity index (χ4v) is 1.25. The van der Waals surface area contributed by atoms with Gasteiger partial charge in [0.1, 0.15) is 5.76 Å². The van der Waals surface area contributed by atoms with Crippen LogP contribution in [-0.2, 0) is 6.42 Å². The molecule has 2 aromatic rings. The molecule has 3 nitrogen and oxygen atoms in total. The zero-order valence-electron chi connectivity index (χ0n) is 12.2. The highest BCUT2D eigenvalue weighted by atomic mass is 16.4. The van der Waals surface area contributed by atoms with Crippen LogP contribution in [0.1, 0.15) is 16.9 Å². The topological polar surface area (TPSA) is 46.3 Å². The van der Waals surface area contributed by atoms with Crippen molar-refractivity contribution in [2.75, 3.05) is 6.56 Å². The first-order valence-corrected chi connectivity index (χ1v) is 4.53. The molecule has 0 unspecified atom stereocenters. The average Bonchev–Trinajstić information content (AvgIpc) is 2.57. The standard InChI is InChI=1S/C12H13NO2/c1-9-11(7-8-14)13-12(15-9)10-5-3-2-4-6-10/h2-6,14H,7-8H2,1H3/i5D,6D,8D2. The first-order valence-electron chi connectivity index (χ1n) is 6.53. The van der Waals surface area contributed by atoms with E-state index in [-0.39, 0.29) is 35.7 Å². The lowest BCUT2D eigenvalue weighted by Gasteiger charge is -1.92. The molecule has 0 spiro atoms. The minimum atomic E-state index is -2.37. The number of aryl methyl sites for hydroxylation is 2. The minimum Gasteiger partial charge on any atom is -0.441 e. The maximum atomic E-state index is 9.16. The van der Waals surface area contributed by atoms with Crippen molar-refractivity contribution in [3.63, 3.8) is 0 Å². The normalized spacial score (nSPS) is 15.3. The van der Waals surface area contributed by atoms with E-state index in [1.807, 2.05) is 0 Å². The molecule has 3 heteroatoms. The third-order valence-corrected chi connectivity index (χ3v) is 2.00. The average molecular weight is 207 g/mol. The highest BCUT2D eigenvalue weighted by Gasteiger charge is 2.09. The Morgan fingerprint density at radius 1 is 1.47 bits per heavy atom. The summed E-state index contributed by atoms with van der Waals surface area (Å²) >= 11 is 0. The molecule has 0 saturated heterocycles. The molecule has 0 aliphatic rings. The van der Waals surface area contributed by atoms with Crippen molar-refractivity contribution in [2.24, 2.45) is 0 Å². The lowest BCUT2D eigenvalue weighted by Crippen LogP contribution is -1.92. The van der Waals surface area contributed by atoms with E-state index < -0.39 is 6.56 Å². The Kier molecular flexibility index (Phi) is 1.73. The molecule has 1 heterocycles. The summed E-state index contributed by atoms with van der Waals surface area (Å²) < 4.78 is 35.2. The molecule has 2 rings (SSSR count). The van der Waals surface area contributed by atoms with Crippen molar-refractivity contribution in [3.8, 4) is 11.5 Å². The van der Waals surface area contributed by atoms with Gasteiger partial charge in [0.05, 0.1) is 11.2 Å². The number of benzene rings is 1. The van der Waals surface area contributed by atoms with Crippen LogP contribution in [0.15, 0.2) is 34.7 Å². The smallest absolute Gasteiger partial charge is 0.226 e. The van der Waals surface area contributed by atoms with Gasteiger partial charge in [0.2, 0.25) is 5.89 Å². The first kappa shape index (κ1) is 6.08. The Balaban J connectivity index is 2.45. The molecule has 0 aliphatic heterocycles. The molecule has 15 heavy (non-hydrogen) atoms. The Morgan fingerprint density at radius 3 is 2.87 bits per heavy atom. The van der Waals surface area contributed by atoms with Crippen LogP contribution in [0.3, 0.4) is 0 Å². The van der Waals surface area contributed by atoms with Crippen LogP contribution in [-0.4, -0.2) is 16.6 Å². The number of aliphatic hydroxyl groups is 1. The third-order valence-electron chi connectivity index (χ3n) is 2.00. The van der Waals surface area contributed by atoms with Crippen molar-refractivity contribution in [3.05, 3.63) is 41.7 Å². The van der Waals surface area contributed by atoms with Crippen LogP contribution in [0.4, 0.5) is 0 Å². The monoisotopic (exact) mass is 207 g/mol. The second kappa shape index (κ2) is 4.28. The SMILES string of the molecule is [2H]c1cccc([2H])c1-c1nc(CC([2H])([2H])O)c(C)o1. The van der Waals surface area contributed by atoms with Crippen LogP contribution in [0, 0.1) is 6.92 Å². The van der Waals surface area contributed by atoms with Crippen molar-refractivity contribution in [1.82, 2.24) is 4.98 Å². The van der Waals surface area contributed by atoms with E-state index in [2.05, 4.69) is 4.98 Å². The number of aromatic nitrogens is 1. The summed E-state index contributed by atoms with van der Waals surface area (Å²) in [6.45, 7) is -0.767. The molecule has 0 aliphatic carbocycles. The second-order valence-electron chi connectivity index (χ2n) is 3.05. The molecular weight excluding hydrogens is 190 g/mol. The zero-order chi connectivity index (χ0) is 14.2. The van der Waals surface area contributed by atoms with Gasteiger partial charge in [-0.1, -0.05) is 18.2 Å². The zero-order valence-corrected chi connectivity index (χ0v) is 8.24. The van der Waals surface area contributed by atoms with E-state index in [1.54, 1.807) is 13.0 Å². The van der Waals surface area contributed by atoms with Gasteiger partial charge in [-0.3, -0.25) is 0 Å². The summed E-state index contributed by atoms with van der Waals surface area (Å²) in [5.41, 5.74) is 0.542. The molecule has 0 fully saturated rings. The number of rotatable bonds is 3. The Morgan fingerprint density at radius 2 is 2.20 bits per heavy atom. The number of hydrogen-bond acceptors (Lipinski definition) is 3. The van der Waals surface area contributed by atoms with Gasteiger partial charge >= 0.3 is 0 Å². The van der Waals surface area contributed by atoms with E-state index in [4.69, 9.17) is 15.0 Å². The molecule has 1 aromatic carbocycles. The largest absolute Gasteiger partial charge is 0.441 e. The van der Waals surface area contributed by atoms with Crippen molar-refractivity contribution in [2.45, 2.75) is 13.3 Å². The lowest BCUT2D eigenvalue weighted by molar-refractivity contribution is 0.297. The molecule has 78 valence electrons. The van der Waals surface area contributed by atoms with E-state index >= 15 is 0 Å². The summed E-state index contributed by atoms with van der Waals surface area (Å²) in [6.07, 6.45) is -0.296. The van der Waals surface area contributed by atoms with Gasteiger partial charge in [-0.25, -0.2) is 4.98 Å². The van der Waals surface area contributed by atoms with Crippen molar-refractivity contribution >= 4 is 0 Å². The molecule has 1 N–H and O–H groups in total. The van der Waals surface area contributed by atoms with Crippen LogP contribution in [0.5, 0.6) is 0 Å². The van der Waals surface area contributed by atoms with Gasteiger partial charge in [-0.2, -0.15) is 0 Å². The summed E-state index contributed by atoms with van der Waals surface area (Å²) in [4.78, 5) is 4.08. The summed E-state index contributed by atoms with van der Waals surface area (Å²) in [6, 6.07) is 4.88. The van der Waals surface area contributed by atoms with E-state index in [9.17, 15) is 0 Å². The van der Waals surface area contributed by atoms with Crippen LogP contribution < -0.4 is 0 Å². The number of nitrogens with zero attached hydrogens (tertiary/aromatic N) is 1. The van der Waals surface area contributed by atoms with E-state index in [1.165, 1.54) is 12.1 Å². The van der Waals surface area contributed by atoms with Crippen LogP contribution in [0.2, 0.25) is 0 Å². The molecule has 0 atom stereocenters. The molecule has 0 bridgehead atoms. The summed E-state index contributed by atoms with van der Waals surface area (Å²) in [5.74, 6) is 0.475. The van der Waals surface area contributed by atoms with Gasteiger partial charge in [-0.15, -0.1) is 0 Å². The molecule has 1 aromatic heterocycles. The van der Waals surface area contributed by atoms with Crippen LogP contribution >= 0.6 is 0 Å². The van der Waals surface area contributed by atoms with Crippen molar-refractivity contribution in [1.29, 1.82) is 0 Å². The molecule has 0 saturated carbocycles. The van der Waals surface area contributed by atoms with Crippen molar-refractivity contribution < 1.29 is 15.0 Å². The van der Waals surface area contributed by atoms with E-state index in [0.717, 1.165) is 0 Å². The maximum absolute atomic E-state index is 9.16.